The third kappa shape index (κ3) is 3.35. The lowest BCUT2D eigenvalue weighted by Crippen LogP contribution is -2.31. The third-order valence-corrected chi connectivity index (χ3v) is 4.10. The van der Waals surface area contributed by atoms with E-state index in [9.17, 15) is 8.42 Å². The first-order valence-electron chi connectivity index (χ1n) is 4.71. The van der Waals surface area contributed by atoms with E-state index in [-0.39, 0.29) is 6.04 Å². The highest BCUT2D eigenvalue weighted by Gasteiger charge is 2.27. The maximum atomic E-state index is 11.6. The molecule has 1 aromatic rings. The molecule has 0 spiro atoms. The average Bonchev–Trinajstić information content (AvgIpc) is 2.93. The van der Waals surface area contributed by atoms with Crippen LogP contribution in [0.15, 0.2) is 22.7 Å². The summed E-state index contributed by atoms with van der Waals surface area (Å²) in [6.45, 7) is 0. The Hall–Kier alpha value is -0.300. The van der Waals surface area contributed by atoms with Crippen LogP contribution in [-0.4, -0.2) is 14.5 Å². The third-order valence-electron chi connectivity index (χ3n) is 2.07. The molecule has 1 aromatic carbocycles. The highest BCUT2D eigenvalue weighted by atomic mass is 79.9. The van der Waals surface area contributed by atoms with Gasteiger partial charge in [-0.1, -0.05) is 11.6 Å². The van der Waals surface area contributed by atoms with Gasteiger partial charge in [-0.15, -0.1) is 0 Å². The maximum absolute atomic E-state index is 11.6. The second kappa shape index (κ2) is 4.52. The molecule has 0 saturated heterocycles. The zero-order chi connectivity index (χ0) is 11.8. The fourth-order valence-electron chi connectivity index (χ4n) is 1.17. The van der Waals surface area contributed by atoms with Crippen molar-refractivity contribution in [2.45, 2.75) is 18.9 Å². The van der Waals surface area contributed by atoms with Gasteiger partial charge in [-0.25, -0.2) is 0 Å². The molecule has 0 amide bonds. The summed E-state index contributed by atoms with van der Waals surface area (Å²) in [4.78, 5) is 0. The van der Waals surface area contributed by atoms with Crippen molar-refractivity contribution in [3.05, 3.63) is 27.7 Å². The Labute approximate surface area is 108 Å². The van der Waals surface area contributed by atoms with Crippen molar-refractivity contribution in [3.8, 4) is 0 Å². The van der Waals surface area contributed by atoms with Gasteiger partial charge in [0.05, 0.1) is 5.69 Å². The number of benzene rings is 1. The first-order chi connectivity index (χ1) is 7.46. The molecular weight excluding hydrogens is 316 g/mol. The number of rotatable bonds is 4. The van der Waals surface area contributed by atoms with E-state index >= 15 is 0 Å². The monoisotopic (exact) mass is 324 g/mol. The van der Waals surface area contributed by atoms with E-state index in [0.717, 1.165) is 12.8 Å². The SMILES string of the molecule is O=S(=O)(Nc1ccc(Cl)cc1Br)NC1CC1. The predicted molar refractivity (Wildman–Crippen MR) is 67.9 cm³/mol. The largest absolute Gasteiger partial charge is 0.299 e. The van der Waals surface area contributed by atoms with E-state index < -0.39 is 10.2 Å². The zero-order valence-electron chi connectivity index (χ0n) is 8.20. The maximum Gasteiger partial charge on any atom is 0.299 e. The lowest BCUT2D eigenvalue weighted by molar-refractivity contribution is 0.586. The Morgan fingerprint density at radius 1 is 1.38 bits per heavy atom. The minimum atomic E-state index is -3.48. The zero-order valence-corrected chi connectivity index (χ0v) is 11.4. The van der Waals surface area contributed by atoms with Crippen LogP contribution in [0.5, 0.6) is 0 Å². The lowest BCUT2D eigenvalue weighted by Gasteiger charge is -2.10. The molecule has 7 heteroatoms. The van der Waals surface area contributed by atoms with Gasteiger partial charge < -0.3 is 0 Å². The van der Waals surface area contributed by atoms with Gasteiger partial charge in [0.1, 0.15) is 0 Å². The van der Waals surface area contributed by atoms with Gasteiger partial charge >= 0.3 is 0 Å². The molecule has 0 unspecified atom stereocenters. The summed E-state index contributed by atoms with van der Waals surface area (Å²) in [6.07, 6.45) is 1.81. The van der Waals surface area contributed by atoms with Gasteiger partial charge in [-0.3, -0.25) is 4.72 Å². The Morgan fingerprint density at radius 3 is 2.62 bits per heavy atom. The van der Waals surface area contributed by atoms with Crippen LogP contribution in [0.25, 0.3) is 0 Å². The number of anilines is 1. The summed E-state index contributed by atoms with van der Waals surface area (Å²) < 4.78 is 28.8. The van der Waals surface area contributed by atoms with E-state index in [1.54, 1.807) is 18.2 Å². The summed E-state index contributed by atoms with van der Waals surface area (Å²) in [5.41, 5.74) is 0.470. The Kier molecular flexibility index (Phi) is 3.44. The molecule has 0 heterocycles. The molecule has 4 nitrogen and oxygen atoms in total. The topological polar surface area (TPSA) is 58.2 Å². The van der Waals surface area contributed by atoms with Gasteiger partial charge in [-0.2, -0.15) is 13.1 Å². The average molecular weight is 326 g/mol. The van der Waals surface area contributed by atoms with Crippen LogP contribution in [0.1, 0.15) is 12.8 Å². The van der Waals surface area contributed by atoms with Crippen LogP contribution in [-0.2, 0) is 10.2 Å². The smallest absolute Gasteiger partial charge is 0.270 e. The van der Waals surface area contributed by atoms with Crippen molar-refractivity contribution < 1.29 is 8.42 Å². The molecule has 0 aromatic heterocycles. The minimum Gasteiger partial charge on any atom is -0.270 e. The van der Waals surface area contributed by atoms with Crippen molar-refractivity contribution in [2.24, 2.45) is 0 Å². The van der Waals surface area contributed by atoms with Crippen molar-refractivity contribution in [1.82, 2.24) is 4.72 Å². The standard InChI is InChI=1S/C9H10BrClN2O2S/c10-8-5-6(11)1-4-9(8)13-16(14,15)12-7-2-3-7/h1,4-5,7,12-13H,2-3H2. The van der Waals surface area contributed by atoms with Gasteiger partial charge in [-0.05, 0) is 47.0 Å². The fraction of sp³-hybridized carbons (Fsp3) is 0.333. The minimum absolute atomic E-state index is 0.0866. The normalized spacial score (nSPS) is 16.1. The highest BCUT2D eigenvalue weighted by molar-refractivity contribution is 9.10. The number of hydrogen-bond donors (Lipinski definition) is 2. The van der Waals surface area contributed by atoms with Gasteiger partial charge in [0, 0.05) is 15.5 Å². The van der Waals surface area contributed by atoms with Gasteiger partial charge in [0.25, 0.3) is 10.2 Å². The summed E-state index contributed by atoms with van der Waals surface area (Å²) in [6, 6.07) is 4.96. The van der Waals surface area contributed by atoms with Crippen molar-refractivity contribution in [3.63, 3.8) is 0 Å². The molecule has 2 rings (SSSR count). The van der Waals surface area contributed by atoms with Crippen molar-refractivity contribution in [2.75, 3.05) is 4.72 Å². The molecule has 0 bridgehead atoms. The summed E-state index contributed by atoms with van der Waals surface area (Å²) >= 11 is 9.00. The second-order valence-electron chi connectivity index (χ2n) is 3.62. The van der Waals surface area contributed by atoms with Crippen LogP contribution < -0.4 is 9.44 Å². The van der Waals surface area contributed by atoms with E-state index in [1.807, 2.05) is 0 Å². The van der Waals surface area contributed by atoms with Crippen molar-refractivity contribution >= 4 is 43.4 Å². The van der Waals surface area contributed by atoms with Crippen LogP contribution in [0.2, 0.25) is 5.02 Å². The van der Waals surface area contributed by atoms with Crippen LogP contribution >= 0.6 is 27.5 Å². The quantitative estimate of drug-likeness (QED) is 0.893. The lowest BCUT2D eigenvalue weighted by atomic mass is 10.3. The molecule has 0 atom stereocenters. The summed E-state index contributed by atoms with van der Waals surface area (Å²) in [5, 5.41) is 0.546. The number of halogens is 2. The van der Waals surface area contributed by atoms with E-state index in [0.29, 0.717) is 15.2 Å². The summed E-state index contributed by atoms with van der Waals surface area (Å²) in [7, 11) is -3.48. The molecule has 88 valence electrons. The Morgan fingerprint density at radius 2 is 2.06 bits per heavy atom. The Bertz CT molecular complexity index is 502. The molecular formula is C9H10BrClN2O2S. The van der Waals surface area contributed by atoms with Crippen LogP contribution in [0.4, 0.5) is 5.69 Å². The molecule has 16 heavy (non-hydrogen) atoms. The van der Waals surface area contributed by atoms with E-state index in [4.69, 9.17) is 11.6 Å². The molecule has 1 aliphatic rings. The number of nitrogens with one attached hydrogen (secondary N) is 2. The summed E-state index contributed by atoms with van der Waals surface area (Å²) in [5.74, 6) is 0. The fourth-order valence-corrected chi connectivity index (χ4v) is 3.28. The molecule has 0 aliphatic heterocycles. The molecule has 1 fully saturated rings. The number of hydrogen-bond acceptors (Lipinski definition) is 2. The Balaban J connectivity index is 2.13. The predicted octanol–water partition coefficient (Wildman–Crippen LogP) is 2.51. The second-order valence-corrected chi connectivity index (χ2v) is 6.36. The van der Waals surface area contributed by atoms with E-state index in [2.05, 4.69) is 25.4 Å². The first kappa shape index (κ1) is 12.2. The van der Waals surface area contributed by atoms with Crippen LogP contribution in [0.3, 0.4) is 0 Å². The molecule has 1 saturated carbocycles. The van der Waals surface area contributed by atoms with Gasteiger partial charge in [0.15, 0.2) is 0 Å². The van der Waals surface area contributed by atoms with E-state index in [1.165, 1.54) is 0 Å². The van der Waals surface area contributed by atoms with Crippen LogP contribution in [0, 0.1) is 0 Å². The highest BCUT2D eigenvalue weighted by Crippen LogP contribution is 2.27. The van der Waals surface area contributed by atoms with Gasteiger partial charge in [0.2, 0.25) is 0 Å². The molecule has 0 radical (unpaired) electrons. The van der Waals surface area contributed by atoms with Crippen molar-refractivity contribution in [1.29, 1.82) is 0 Å². The first-order valence-corrected chi connectivity index (χ1v) is 7.37. The molecule has 2 N–H and O–H groups in total. The molecule has 1 aliphatic carbocycles.